The number of ether oxygens (including phenoxy) is 2. The normalized spacial score (nSPS) is 10.4. The number of phenols is 1. The summed E-state index contributed by atoms with van der Waals surface area (Å²) >= 11 is 0. The number of halogens is 3. The van der Waals surface area contributed by atoms with E-state index in [0.29, 0.717) is 12.1 Å². The van der Waals surface area contributed by atoms with Gasteiger partial charge in [-0.15, -0.1) is 0 Å². The Morgan fingerprint density at radius 3 is 2.48 bits per heavy atom. The maximum absolute atomic E-state index is 13.8. The molecule has 0 amide bonds. The highest BCUT2D eigenvalue weighted by molar-refractivity contribution is 5.49. The topological polar surface area (TPSA) is 81.8 Å². The SMILES string of the molecule is COc1ccc(F)c(F)c1COc1cc([N+](=O)[O-])c(F)cc1O. The van der Waals surface area contributed by atoms with Crippen LogP contribution in [0.2, 0.25) is 0 Å². The maximum atomic E-state index is 13.8. The minimum Gasteiger partial charge on any atom is -0.504 e. The summed E-state index contributed by atoms with van der Waals surface area (Å²) in [5.41, 5.74) is -1.22. The fourth-order valence-electron chi connectivity index (χ4n) is 1.84. The third-order valence-electron chi connectivity index (χ3n) is 2.97. The molecule has 2 rings (SSSR count). The number of nitro groups is 1. The van der Waals surface area contributed by atoms with E-state index in [9.17, 15) is 28.4 Å². The average molecular weight is 329 g/mol. The number of nitro benzene ring substituents is 1. The fraction of sp³-hybridized carbons (Fsp3) is 0.143. The van der Waals surface area contributed by atoms with Crippen molar-refractivity contribution in [2.24, 2.45) is 0 Å². The molecule has 0 atom stereocenters. The summed E-state index contributed by atoms with van der Waals surface area (Å²) in [5.74, 6) is -4.80. The van der Waals surface area contributed by atoms with E-state index in [4.69, 9.17) is 9.47 Å². The van der Waals surface area contributed by atoms with Crippen LogP contribution in [0.15, 0.2) is 24.3 Å². The first-order valence-corrected chi connectivity index (χ1v) is 6.15. The highest BCUT2D eigenvalue weighted by Gasteiger charge is 2.21. The largest absolute Gasteiger partial charge is 0.504 e. The number of aromatic hydroxyl groups is 1. The molecule has 0 fully saturated rings. The molecule has 2 aromatic carbocycles. The molecule has 1 N–H and O–H groups in total. The Kier molecular flexibility index (Phi) is 4.58. The predicted octanol–water partition coefficient (Wildman–Crippen LogP) is 3.31. The van der Waals surface area contributed by atoms with Crippen molar-refractivity contribution < 1.29 is 32.7 Å². The summed E-state index contributed by atoms with van der Waals surface area (Å²) in [4.78, 5) is 9.65. The van der Waals surface area contributed by atoms with Crippen molar-refractivity contribution in [2.75, 3.05) is 7.11 Å². The van der Waals surface area contributed by atoms with Crippen LogP contribution in [0.5, 0.6) is 17.2 Å². The van der Waals surface area contributed by atoms with Gasteiger partial charge in [0.2, 0.25) is 5.82 Å². The van der Waals surface area contributed by atoms with Crippen LogP contribution in [0.25, 0.3) is 0 Å². The van der Waals surface area contributed by atoms with Gasteiger partial charge in [-0.3, -0.25) is 10.1 Å². The number of nitrogens with zero attached hydrogens (tertiary/aromatic N) is 1. The molecule has 0 aliphatic heterocycles. The monoisotopic (exact) mass is 329 g/mol. The van der Waals surface area contributed by atoms with Crippen molar-refractivity contribution in [3.05, 3.63) is 57.4 Å². The number of hydrogen-bond acceptors (Lipinski definition) is 5. The van der Waals surface area contributed by atoms with Crippen LogP contribution in [-0.2, 0) is 6.61 Å². The summed E-state index contributed by atoms with van der Waals surface area (Å²) in [6.07, 6.45) is 0. The van der Waals surface area contributed by atoms with Gasteiger partial charge in [-0.2, -0.15) is 4.39 Å². The summed E-state index contributed by atoms with van der Waals surface area (Å²) in [6, 6.07) is 3.17. The Hall–Kier alpha value is -2.97. The Morgan fingerprint density at radius 2 is 1.87 bits per heavy atom. The second-order valence-electron chi connectivity index (χ2n) is 4.36. The third kappa shape index (κ3) is 3.28. The third-order valence-corrected chi connectivity index (χ3v) is 2.97. The van der Waals surface area contributed by atoms with Gasteiger partial charge in [0.1, 0.15) is 12.4 Å². The smallest absolute Gasteiger partial charge is 0.308 e. The molecule has 2 aromatic rings. The minimum absolute atomic E-state index is 0.0139. The molecule has 0 heterocycles. The summed E-state index contributed by atoms with van der Waals surface area (Å²) < 4.78 is 50.2. The molecule has 0 saturated heterocycles. The maximum Gasteiger partial charge on any atom is 0.308 e. The highest BCUT2D eigenvalue weighted by Crippen LogP contribution is 2.34. The number of benzene rings is 2. The highest BCUT2D eigenvalue weighted by atomic mass is 19.2. The first-order valence-electron chi connectivity index (χ1n) is 6.15. The van der Waals surface area contributed by atoms with Gasteiger partial charge in [-0.25, -0.2) is 8.78 Å². The predicted molar refractivity (Wildman–Crippen MR) is 72.0 cm³/mol. The van der Waals surface area contributed by atoms with Gasteiger partial charge in [-0.1, -0.05) is 0 Å². The molecule has 0 radical (unpaired) electrons. The number of phenolic OH excluding ortho intramolecular Hbond substituents is 1. The fourth-order valence-corrected chi connectivity index (χ4v) is 1.84. The Bertz CT molecular complexity index is 767. The lowest BCUT2D eigenvalue weighted by Crippen LogP contribution is -2.04. The lowest BCUT2D eigenvalue weighted by molar-refractivity contribution is -0.387. The van der Waals surface area contributed by atoms with Crippen molar-refractivity contribution in [2.45, 2.75) is 6.61 Å². The molecule has 122 valence electrons. The zero-order chi connectivity index (χ0) is 17.1. The van der Waals surface area contributed by atoms with Crippen molar-refractivity contribution in [1.29, 1.82) is 0 Å². The van der Waals surface area contributed by atoms with Crippen molar-refractivity contribution >= 4 is 5.69 Å². The summed E-state index contributed by atoms with van der Waals surface area (Å²) in [6.45, 7) is -0.594. The van der Waals surface area contributed by atoms with Gasteiger partial charge in [-0.05, 0) is 12.1 Å². The van der Waals surface area contributed by atoms with E-state index in [0.717, 1.165) is 6.07 Å². The van der Waals surface area contributed by atoms with Crippen molar-refractivity contribution in [3.63, 3.8) is 0 Å². The first kappa shape index (κ1) is 16.4. The zero-order valence-corrected chi connectivity index (χ0v) is 11.7. The van der Waals surface area contributed by atoms with Crippen LogP contribution in [0, 0.1) is 27.6 Å². The molecule has 6 nitrogen and oxygen atoms in total. The van der Waals surface area contributed by atoms with Crippen LogP contribution in [0.4, 0.5) is 18.9 Å². The van der Waals surface area contributed by atoms with E-state index in [1.165, 1.54) is 13.2 Å². The second kappa shape index (κ2) is 6.42. The molecule has 0 spiro atoms. The van der Waals surface area contributed by atoms with Gasteiger partial charge in [0.15, 0.2) is 23.1 Å². The van der Waals surface area contributed by atoms with Gasteiger partial charge >= 0.3 is 5.69 Å². The van der Waals surface area contributed by atoms with Crippen LogP contribution in [-0.4, -0.2) is 17.1 Å². The second-order valence-corrected chi connectivity index (χ2v) is 4.36. The molecule has 0 aliphatic rings. The quantitative estimate of drug-likeness (QED) is 0.672. The molecule has 0 unspecified atom stereocenters. The van der Waals surface area contributed by atoms with E-state index in [-0.39, 0.29) is 11.3 Å². The van der Waals surface area contributed by atoms with Gasteiger partial charge < -0.3 is 14.6 Å². The molecule has 0 aliphatic carbocycles. The molecular formula is C14H10F3NO5. The van der Waals surface area contributed by atoms with Gasteiger partial charge in [0, 0.05) is 6.07 Å². The molecular weight excluding hydrogens is 319 g/mol. The molecule has 0 aromatic heterocycles. The van der Waals surface area contributed by atoms with Crippen molar-refractivity contribution in [3.8, 4) is 17.2 Å². The van der Waals surface area contributed by atoms with Crippen LogP contribution in [0.1, 0.15) is 5.56 Å². The zero-order valence-electron chi connectivity index (χ0n) is 11.7. The van der Waals surface area contributed by atoms with Crippen LogP contribution < -0.4 is 9.47 Å². The standard InChI is InChI=1S/C14H10F3NO5/c1-22-12-3-2-8(15)14(17)7(12)6-23-13-5-10(18(20)21)9(16)4-11(13)19/h2-5,19H,6H2,1H3. The van der Waals surface area contributed by atoms with Crippen molar-refractivity contribution in [1.82, 2.24) is 0 Å². The molecule has 0 bridgehead atoms. The first-order chi connectivity index (χ1) is 10.8. The molecule has 23 heavy (non-hydrogen) atoms. The molecule has 9 heteroatoms. The number of rotatable bonds is 5. The number of methoxy groups -OCH3 is 1. The van der Waals surface area contributed by atoms with Gasteiger partial charge in [0.05, 0.1) is 23.7 Å². The average Bonchev–Trinajstić information content (AvgIpc) is 2.49. The summed E-state index contributed by atoms with van der Waals surface area (Å²) in [7, 11) is 1.23. The van der Waals surface area contributed by atoms with Crippen LogP contribution >= 0.6 is 0 Å². The van der Waals surface area contributed by atoms with Gasteiger partial charge in [0.25, 0.3) is 0 Å². The lowest BCUT2D eigenvalue weighted by atomic mass is 10.2. The Labute approximate surface area is 127 Å². The number of hydrogen-bond donors (Lipinski definition) is 1. The Balaban J connectivity index is 2.33. The lowest BCUT2D eigenvalue weighted by Gasteiger charge is -2.12. The van der Waals surface area contributed by atoms with E-state index in [1.807, 2.05) is 0 Å². The molecule has 0 saturated carbocycles. The van der Waals surface area contributed by atoms with E-state index < -0.39 is 46.2 Å². The van der Waals surface area contributed by atoms with E-state index in [2.05, 4.69) is 0 Å². The summed E-state index contributed by atoms with van der Waals surface area (Å²) in [5, 5.41) is 20.2. The minimum atomic E-state index is -1.26. The Morgan fingerprint density at radius 1 is 1.17 bits per heavy atom. The van der Waals surface area contributed by atoms with Crippen LogP contribution in [0.3, 0.4) is 0 Å². The van der Waals surface area contributed by atoms with E-state index >= 15 is 0 Å². The van der Waals surface area contributed by atoms with E-state index in [1.54, 1.807) is 0 Å².